The van der Waals surface area contributed by atoms with Crippen LogP contribution in [0.1, 0.15) is 11.1 Å². The minimum atomic E-state index is 0.737. The SMILES string of the molecule is C#CCc1ccccc1.C#CCc1ccccc1. The molecule has 0 aliphatic heterocycles. The van der Waals surface area contributed by atoms with Crippen molar-refractivity contribution in [2.24, 2.45) is 0 Å². The Bertz CT molecular complexity index is 458. The van der Waals surface area contributed by atoms with Gasteiger partial charge in [-0.3, -0.25) is 0 Å². The van der Waals surface area contributed by atoms with Crippen LogP contribution in [0.25, 0.3) is 0 Å². The predicted molar refractivity (Wildman–Crippen MR) is 78.0 cm³/mol. The highest BCUT2D eigenvalue weighted by atomic mass is 13.9. The maximum Gasteiger partial charge on any atom is 0.0337 e. The maximum atomic E-state index is 5.11. The van der Waals surface area contributed by atoms with Gasteiger partial charge in [0.2, 0.25) is 0 Å². The molecule has 2 aromatic carbocycles. The molecule has 0 heteroatoms. The molecule has 0 fully saturated rings. The second-order valence-electron chi connectivity index (χ2n) is 3.73. The summed E-state index contributed by atoms with van der Waals surface area (Å²) in [6.45, 7) is 0. The molecule has 0 atom stereocenters. The minimum absolute atomic E-state index is 0.737. The molecule has 0 aliphatic rings. The van der Waals surface area contributed by atoms with Crippen molar-refractivity contribution < 1.29 is 0 Å². The Kier molecular flexibility index (Phi) is 6.57. The summed E-state index contributed by atoms with van der Waals surface area (Å²) in [6.07, 6.45) is 11.7. The van der Waals surface area contributed by atoms with Gasteiger partial charge in [0, 0.05) is 12.8 Å². The Balaban J connectivity index is 0.000000180. The first kappa shape index (κ1) is 13.6. The fourth-order valence-corrected chi connectivity index (χ4v) is 1.43. The van der Waals surface area contributed by atoms with Crippen LogP contribution in [0.2, 0.25) is 0 Å². The fraction of sp³-hybridized carbons (Fsp3) is 0.111. The van der Waals surface area contributed by atoms with Gasteiger partial charge in [0.05, 0.1) is 0 Å². The Hall–Kier alpha value is -2.44. The molecule has 0 amide bonds. The van der Waals surface area contributed by atoms with Crippen molar-refractivity contribution in [3.8, 4) is 24.7 Å². The summed E-state index contributed by atoms with van der Waals surface area (Å²) in [5, 5.41) is 0. The van der Waals surface area contributed by atoms with E-state index in [1.807, 2.05) is 60.7 Å². The molecule has 0 nitrogen and oxygen atoms in total. The highest BCUT2D eigenvalue weighted by molar-refractivity contribution is 5.19. The van der Waals surface area contributed by atoms with Crippen LogP contribution in [0, 0.1) is 24.7 Å². The summed E-state index contributed by atoms with van der Waals surface area (Å²) in [6, 6.07) is 20.1. The van der Waals surface area contributed by atoms with Gasteiger partial charge in [-0.25, -0.2) is 0 Å². The molecule has 2 aromatic rings. The van der Waals surface area contributed by atoms with E-state index in [1.165, 1.54) is 11.1 Å². The minimum Gasteiger partial charge on any atom is -0.120 e. The Morgan fingerprint density at radius 1 is 0.611 bits per heavy atom. The predicted octanol–water partition coefficient (Wildman–Crippen LogP) is 3.72. The smallest absolute Gasteiger partial charge is 0.0337 e. The van der Waals surface area contributed by atoms with Gasteiger partial charge in [0.25, 0.3) is 0 Å². The average molecular weight is 232 g/mol. The van der Waals surface area contributed by atoms with E-state index in [1.54, 1.807) is 0 Å². The van der Waals surface area contributed by atoms with Crippen LogP contribution >= 0.6 is 0 Å². The lowest BCUT2D eigenvalue weighted by atomic mass is 10.2. The third kappa shape index (κ3) is 5.59. The summed E-state index contributed by atoms with van der Waals surface area (Å²) < 4.78 is 0. The van der Waals surface area contributed by atoms with Gasteiger partial charge in [-0.05, 0) is 11.1 Å². The average Bonchev–Trinajstić information content (AvgIpc) is 2.43. The fourth-order valence-electron chi connectivity index (χ4n) is 1.43. The number of terminal acetylenes is 2. The van der Waals surface area contributed by atoms with Crippen molar-refractivity contribution in [3.63, 3.8) is 0 Å². The molecule has 0 radical (unpaired) electrons. The molecule has 0 saturated heterocycles. The van der Waals surface area contributed by atoms with Crippen molar-refractivity contribution in [3.05, 3.63) is 71.8 Å². The summed E-state index contributed by atoms with van der Waals surface area (Å²) in [5.41, 5.74) is 2.42. The summed E-state index contributed by atoms with van der Waals surface area (Å²) >= 11 is 0. The quantitative estimate of drug-likeness (QED) is 0.692. The van der Waals surface area contributed by atoms with Gasteiger partial charge in [-0.1, -0.05) is 60.7 Å². The Morgan fingerprint density at radius 2 is 0.944 bits per heavy atom. The molecule has 0 aliphatic carbocycles. The highest BCUT2D eigenvalue weighted by Crippen LogP contribution is 1.97. The van der Waals surface area contributed by atoms with E-state index < -0.39 is 0 Å². The van der Waals surface area contributed by atoms with Gasteiger partial charge in [-0.15, -0.1) is 24.7 Å². The second-order valence-corrected chi connectivity index (χ2v) is 3.73. The van der Waals surface area contributed by atoms with E-state index in [2.05, 4.69) is 11.8 Å². The molecule has 0 bridgehead atoms. The molecule has 0 unspecified atom stereocenters. The van der Waals surface area contributed by atoms with Gasteiger partial charge < -0.3 is 0 Å². The molecule has 0 heterocycles. The molecular formula is C18H16. The van der Waals surface area contributed by atoms with Gasteiger partial charge in [-0.2, -0.15) is 0 Å². The Morgan fingerprint density at radius 3 is 1.22 bits per heavy atom. The first-order chi connectivity index (χ1) is 8.86. The highest BCUT2D eigenvalue weighted by Gasteiger charge is 1.83. The van der Waals surface area contributed by atoms with Crippen molar-refractivity contribution in [2.45, 2.75) is 12.8 Å². The van der Waals surface area contributed by atoms with E-state index in [-0.39, 0.29) is 0 Å². The number of rotatable bonds is 2. The van der Waals surface area contributed by atoms with Crippen molar-refractivity contribution in [1.29, 1.82) is 0 Å². The third-order valence-electron chi connectivity index (χ3n) is 2.30. The van der Waals surface area contributed by atoms with Gasteiger partial charge >= 0.3 is 0 Å². The standard InChI is InChI=1S/2C9H8/c2*1-2-6-9-7-4-3-5-8-9/h2*1,3-5,7-8H,6H2. The first-order valence-corrected chi connectivity index (χ1v) is 5.81. The molecule has 0 N–H and O–H groups in total. The topological polar surface area (TPSA) is 0 Å². The lowest BCUT2D eigenvalue weighted by Crippen LogP contribution is -1.76. The molecule has 0 spiro atoms. The van der Waals surface area contributed by atoms with Crippen molar-refractivity contribution in [1.82, 2.24) is 0 Å². The van der Waals surface area contributed by atoms with Gasteiger partial charge in [0.1, 0.15) is 0 Å². The zero-order chi connectivity index (χ0) is 13.1. The lowest BCUT2D eigenvalue weighted by molar-refractivity contribution is 1.32. The van der Waals surface area contributed by atoms with Crippen LogP contribution in [-0.4, -0.2) is 0 Å². The third-order valence-corrected chi connectivity index (χ3v) is 2.30. The molecule has 2 rings (SSSR count). The van der Waals surface area contributed by atoms with Crippen LogP contribution in [0.4, 0.5) is 0 Å². The first-order valence-electron chi connectivity index (χ1n) is 5.81. The normalized spacial score (nSPS) is 8.33. The van der Waals surface area contributed by atoms with Crippen LogP contribution in [0.15, 0.2) is 60.7 Å². The van der Waals surface area contributed by atoms with Crippen LogP contribution in [-0.2, 0) is 12.8 Å². The summed E-state index contributed by atoms with van der Waals surface area (Å²) in [4.78, 5) is 0. The van der Waals surface area contributed by atoms with E-state index in [0.717, 1.165) is 12.8 Å². The van der Waals surface area contributed by atoms with Crippen LogP contribution < -0.4 is 0 Å². The lowest BCUT2D eigenvalue weighted by Gasteiger charge is -1.89. The molecule has 0 saturated carbocycles. The summed E-state index contributed by atoms with van der Waals surface area (Å²) in [5.74, 6) is 5.17. The van der Waals surface area contributed by atoms with E-state index in [9.17, 15) is 0 Å². The maximum absolute atomic E-state index is 5.11. The van der Waals surface area contributed by atoms with E-state index >= 15 is 0 Å². The monoisotopic (exact) mass is 232 g/mol. The zero-order valence-electron chi connectivity index (χ0n) is 10.3. The largest absolute Gasteiger partial charge is 0.120 e. The Labute approximate surface area is 110 Å². The second kappa shape index (κ2) is 8.68. The van der Waals surface area contributed by atoms with Crippen molar-refractivity contribution in [2.75, 3.05) is 0 Å². The van der Waals surface area contributed by atoms with E-state index in [0.29, 0.717) is 0 Å². The zero-order valence-corrected chi connectivity index (χ0v) is 10.3. The molecular weight excluding hydrogens is 216 g/mol. The number of benzene rings is 2. The molecule has 0 aromatic heterocycles. The van der Waals surface area contributed by atoms with E-state index in [4.69, 9.17) is 12.8 Å². The number of hydrogen-bond donors (Lipinski definition) is 0. The van der Waals surface area contributed by atoms with Crippen LogP contribution in [0.3, 0.4) is 0 Å². The molecule has 88 valence electrons. The van der Waals surface area contributed by atoms with Crippen LogP contribution in [0.5, 0.6) is 0 Å². The molecule has 18 heavy (non-hydrogen) atoms. The number of hydrogen-bond acceptors (Lipinski definition) is 0. The van der Waals surface area contributed by atoms with Crippen molar-refractivity contribution >= 4 is 0 Å². The van der Waals surface area contributed by atoms with Gasteiger partial charge in [0.15, 0.2) is 0 Å². The summed E-state index contributed by atoms with van der Waals surface area (Å²) in [7, 11) is 0.